The molecule has 1 aromatic carbocycles. The molecule has 3 rings (SSSR count). The molecule has 9 heteroatoms. The van der Waals surface area contributed by atoms with E-state index in [1.54, 1.807) is 18.0 Å². The van der Waals surface area contributed by atoms with E-state index in [0.717, 1.165) is 21.8 Å². The lowest BCUT2D eigenvalue weighted by Crippen LogP contribution is -2.14. The van der Waals surface area contributed by atoms with Gasteiger partial charge in [0, 0.05) is 18.9 Å². The number of amides is 1. The maximum absolute atomic E-state index is 12.1. The Hall–Kier alpha value is -1.84. The van der Waals surface area contributed by atoms with E-state index in [1.165, 1.54) is 34.2 Å². The van der Waals surface area contributed by atoms with Crippen LogP contribution in [0, 0.1) is 6.92 Å². The molecule has 0 saturated carbocycles. The van der Waals surface area contributed by atoms with E-state index < -0.39 is 0 Å². The molecule has 0 fully saturated rings. The van der Waals surface area contributed by atoms with E-state index in [4.69, 9.17) is 0 Å². The number of carbonyl (C=O) groups excluding carboxylic acids is 1. The zero-order valence-electron chi connectivity index (χ0n) is 14.5. The Morgan fingerprint density at radius 2 is 2.04 bits per heavy atom. The van der Waals surface area contributed by atoms with Gasteiger partial charge in [-0.3, -0.25) is 10.1 Å². The first-order valence-corrected chi connectivity index (χ1v) is 10.9. The molecule has 26 heavy (non-hydrogen) atoms. The summed E-state index contributed by atoms with van der Waals surface area (Å²) >= 11 is 4.42. The zero-order chi connectivity index (χ0) is 18.4. The van der Waals surface area contributed by atoms with Gasteiger partial charge in [0.1, 0.15) is 0 Å². The van der Waals surface area contributed by atoms with Gasteiger partial charge in [-0.15, -0.1) is 10.2 Å². The first kappa shape index (κ1) is 18.9. The Kier molecular flexibility index (Phi) is 6.70. The van der Waals surface area contributed by atoms with Crippen molar-refractivity contribution in [1.29, 1.82) is 0 Å². The second-order valence-electron chi connectivity index (χ2n) is 5.47. The number of hydrogen-bond acceptors (Lipinski definition) is 7. The van der Waals surface area contributed by atoms with Gasteiger partial charge < -0.3 is 4.57 Å². The molecule has 1 N–H and O–H groups in total. The van der Waals surface area contributed by atoms with Crippen molar-refractivity contribution in [2.75, 3.05) is 16.8 Å². The molecule has 0 unspecified atom stereocenters. The maximum Gasteiger partial charge on any atom is 0.236 e. The van der Waals surface area contributed by atoms with Crippen molar-refractivity contribution in [3.8, 4) is 0 Å². The van der Waals surface area contributed by atoms with Crippen LogP contribution >= 0.6 is 34.9 Å². The summed E-state index contributed by atoms with van der Waals surface area (Å²) in [5.41, 5.74) is 2.44. The summed E-state index contributed by atoms with van der Waals surface area (Å²) in [5, 5.41) is 12.2. The summed E-state index contributed by atoms with van der Waals surface area (Å²) in [6.07, 6.45) is 3.69. The Balaban J connectivity index is 1.53. The SMILES string of the molecule is CCSc1nnc(NC(=O)CSc2nccn2Cc2ccc(C)cc2)s1. The number of hydrogen-bond donors (Lipinski definition) is 1. The second-order valence-corrected chi connectivity index (χ2v) is 8.90. The van der Waals surface area contributed by atoms with Crippen molar-refractivity contribution in [2.45, 2.75) is 29.9 Å². The molecule has 0 spiro atoms. The number of aryl methyl sites for hydroxylation is 1. The first-order valence-electron chi connectivity index (χ1n) is 8.09. The van der Waals surface area contributed by atoms with Gasteiger partial charge in [0.15, 0.2) is 9.50 Å². The second kappa shape index (κ2) is 9.20. The number of imidazole rings is 1. The molecule has 0 saturated heterocycles. The summed E-state index contributed by atoms with van der Waals surface area (Å²) < 4.78 is 2.91. The lowest BCUT2D eigenvalue weighted by molar-refractivity contribution is -0.113. The van der Waals surface area contributed by atoms with E-state index in [0.29, 0.717) is 5.13 Å². The van der Waals surface area contributed by atoms with Gasteiger partial charge in [-0.2, -0.15) is 0 Å². The molecule has 0 aliphatic rings. The van der Waals surface area contributed by atoms with Crippen molar-refractivity contribution in [3.63, 3.8) is 0 Å². The Morgan fingerprint density at radius 1 is 1.23 bits per heavy atom. The average Bonchev–Trinajstić information content (AvgIpc) is 3.25. The zero-order valence-corrected chi connectivity index (χ0v) is 17.0. The van der Waals surface area contributed by atoms with E-state index in [-0.39, 0.29) is 11.7 Å². The number of nitrogens with one attached hydrogen (secondary N) is 1. The molecule has 6 nitrogen and oxygen atoms in total. The number of carbonyl (C=O) groups is 1. The van der Waals surface area contributed by atoms with Crippen LogP contribution in [0.3, 0.4) is 0 Å². The van der Waals surface area contributed by atoms with Gasteiger partial charge in [0.05, 0.1) is 5.75 Å². The summed E-state index contributed by atoms with van der Waals surface area (Å²) in [6, 6.07) is 8.41. The fourth-order valence-corrected chi connectivity index (χ4v) is 4.60. The van der Waals surface area contributed by atoms with Crippen molar-refractivity contribution in [1.82, 2.24) is 19.7 Å². The standard InChI is InChI=1S/C17H19N5OS3/c1-3-24-17-21-20-15(26-17)19-14(23)11-25-16-18-8-9-22(16)10-13-6-4-12(2)5-7-13/h4-9H,3,10-11H2,1-2H3,(H,19,20,23). The van der Waals surface area contributed by atoms with Crippen LogP contribution in [-0.4, -0.2) is 37.2 Å². The van der Waals surface area contributed by atoms with Crippen molar-refractivity contribution >= 4 is 45.9 Å². The predicted molar refractivity (Wildman–Crippen MR) is 108 cm³/mol. The molecule has 0 bridgehead atoms. The van der Waals surface area contributed by atoms with Crippen LogP contribution in [-0.2, 0) is 11.3 Å². The van der Waals surface area contributed by atoms with Crippen LogP contribution in [0.1, 0.15) is 18.1 Å². The average molecular weight is 406 g/mol. The highest BCUT2D eigenvalue weighted by Gasteiger charge is 2.11. The number of rotatable bonds is 8. The largest absolute Gasteiger partial charge is 0.322 e. The van der Waals surface area contributed by atoms with Gasteiger partial charge in [-0.1, -0.05) is 71.6 Å². The fraction of sp³-hybridized carbons (Fsp3) is 0.294. The summed E-state index contributed by atoms with van der Waals surface area (Å²) in [4.78, 5) is 16.5. The fourth-order valence-electron chi connectivity index (χ4n) is 2.17. The molecule has 136 valence electrons. The van der Waals surface area contributed by atoms with Gasteiger partial charge in [0.2, 0.25) is 11.0 Å². The molecule has 0 radical (unpaired) electrons. The number of aromatic nitrogens is 4. The molecular formula is C17H19N5OS3. The van der Waals surface area contributed by atoms with E-state index in [2.05, 4.69) is 58.6 Å². The van der Waals surface area contributed by atoms with Crippen LogP contribution in [0.2, 0.25) is 0 Å². The highest BCUT2D eigenvalue weighted by molar-refractivity contribution is 8.01. The quantitative estimate of drug-likeness (QED) is 0.452. The molecular weight excluding hydrogens is 386 g/mol. The first-order chi connectivity index (χ1) is 12.6. The van der Waals surface area contributed by atoms with E-state index >= 15 is 0 Å². The lowest BCUT2D eigenvalue weighted by atomic mass is 10.1. The molecule has 0 atom stereocenters. The predicted octanol–water partition coefficient (Wildman–Crippen LogP) is 3.93. The minimum Gasteiger partial charge on any atom is -0.322 e. The third-order valence-electron chi connectivity index (χ3n) is 3.40. The third kappa shape index (κ3) is 5.33. The van der Waals surface area contributed by atoms with Crippen molar-refractivity contribution < 1.29 is 4.79 Å². The highest BCUT2D eigenvalue weighted by Crippen LogP contribution is 2.25. The normalized spacial score (nSPS) is 10.8. The van der Waals surface area contributed by atoms with Crippen molar-refractivity contribution in [3.05, 3.63) is 47.8 Å². The monoisotopic (exact) mass is 405 g/mol. The third-order valence-corrected chi connectivity index (χ3v) is 6.26. The van der Waals surface area contributed by atoms with Gasteiger partial charge >= 0.3 is 0 Å². The Morgan fingerprint density at radius 3 is 2.81 bits per heavy atom. The molecule has 0 aliphatic heterocycles. The van der Waals surface area contributed by atoms with Crippen LogP contribution < -0.4 is 5.32 Å². The number of thioether (sulfide) groups is 2. The molecule has 1 amide bonds. The topological polar surface area (TPSA) is 72.7 Å². The lowest BCUT2D eigenvalue weighted by Gasteiger charge is -2.08. The minimum absolute atomic E-state index is 0.107. The van der Waals surface area contributed by atoms with Crippen molar-refractivity contribution in [2.24, 2.45) is 0 Å². The highest BCUT2D eigenvalue weighted by atomic mass is 32.2. The van der Waals surface area contributed by atoms with Crippen LogP contribution in [0.5, 0.6) is 0 Å². The van der Waals surface area contributed by atoms with E-state index in [1.807, 2.05) is 10.8 Å². The Bertz CT molecular complexity index is 859. The van der Waals surface area contributed by atoms with Gasteiger partial charge in [-0.25, -0.2) is 4.98 Å². The number of anilines is 1. The Labute approximate surface area is 164 Å². The number of nitrogens with zero attached hydrogens (tertiary/aromatic N) is 4. The van der Waals surface area contributed by atoms with Crippen LogP contribution in [0.4, 0.5) is 5.13 Å². The molecule has 3 aromatic rings. The van der Waals surface area contributed by atoms with Gasteiger partial charge in [0.25, 0.3) is 0 Å². The van der Waals surface area contributed by atoms with Crippen LogP contribution in [0.15, 0.2) is 46.2 Å². The number of benzene rings is 1. The molecule has 0 aliphatic carbocycles. The summed E-state index contributed by atoms with van der Waals surface area (Å²) in [6.45, 7) is 4.86. The van der Waals surface area contributed by atoms with E-state index in [9.17, 15) is 4.79 Å². The summed E-state index contributed by atoms with van der Waals surface area (Å²) in [7, 11) is 0. The molecule has 2 heterocycles. The maximum atomic E-state index is 12.1. The minimum atomic E-state index is -0.107. The molecule has 2 aromatic heterocycles. The summed E-state index contributed by atoms with van der Waals surface area (Å²) in [5.74, 6) is 1.10. The van der Waals surface area contributed by atoms with Gasteiger partial charge in [-0.05, 0) is 18.2 Å². The smallest absolute Gasteiger partial charge is 0.236 e. The van der Waals surface area contributed by atoms with Crippen LogP contribution in [0.25, 0.3) is 0 Å².